The molecule has 0 radical (unpaired) electrons. The molecule has 15 heavy (non-hydrogen) atoms. The zero-order valence-corrected chi connectivity index (χ0v) is 8.36. The van der Waals surface area contributed by atoms with Gasteiger partial charge in [-0.05, 0) is 29.7 Å². The summed E-state index contributed by atoms with van der Waals surface area (Å²) in [7, 11) is -1.81. The maximum absolute atomic E-state index is 8.69. The van der Waals surface area contributed by atoms with E-state index < -0.39 is 7.32 Å². The Morgan fingerprint density at radius 1 is 1.33 bits per heavy atom. The molecule has 0 saturated carbocycles. The smallest absolute Gasteiger partial charge is 0.504 e. The topological polar surface area (TPSA) is 73.5 Å². The van der Waals surface area contributed by atoms with Gasteiger partial charge in [0.15, 0.2) is 5.06 Å². The Balaban J connectivity index is 2.43. The highest BCUT2D eigenvalue weighted by molar-refractivity contribution is 7.20. The van der Waals surface area contributed by atoms with Crippen molar-refractivity contribution in [1.29, 1.82) is 5.26 Å². The van der Waals surface area contributed by atoms with Crippen LogP contribution in [0.2, 0.25) is 0 Å². The molecule has 4 nitrogen and oxygen atoms in total. The second-order valence-electron chi connectivity index (χ2n) is 2.87. The molecule has 2 aromatic rings. The van der Waals surface area contributed by atoms with E-state index in [-0.39, 0.29) is 0 Å². The molecule has 0 aliphatic rings. The molecule has 0 bridgehead atoms. The van der Waals surface area contributed by atoms with Gasteiger partial charge in [-0.25, -0.2) is 0 Å². The van der Waals surface area contributed by atoms with Gasteiger partial charge in [-0.3, -0.25) is 0 Å². The van der Waals surface area contributed by atoms with Gasteiger partial charge in [-0.1, -0.05) is 0 Å². The fourth-order valence-electron chi connectivity index (χ4n) is 1.25. The van der Waals surface area contributed by atoms with E-state index in [0.717, 1.165) is 10.1 Å². The number of hydrogen-bond donors (Lipinski definition) is 2. The lowest BCUT2D eigenvalue weighted by Gasteiger charge is -1.97. The molecule has 0 aliphatic carbocycles. The molecule has 2 N–H and O–H groups in total. The highest BCUT2D eigenvalue weighted by atomic mass is 32.1. The first-order valence-corrected chi connectivity index (χ1v) is 4.97. The van der Waals surface area contributed by atoms with Gasteiger partial charge in [0.25, 0.3) is 0 Å². The molecule has 0 saturated heterocycles. The Bertz CT molecular complexity index is 532. The summed E-state index contributed by atoms with van der Waals surface area (Å²) in [5.74, 6) is 0. The number of hydrogen-bond acceptors (Lipinski definition) is 5. The predicted octanol–water partition coefficient (Wildman–Crippen LogP) is 1.12. The van der Waals surface area contributed by atoms with E-state index in [1.54, 1.807) is 24.3 Å². The van der Waals surface area contributed by atoms with Crippen LogP contribution in [0.4, 0.5) is 0 Å². The van der Waals surface area contributed by atoms with E-state index in [0.29, 0.717) is 10.6 Å². The summed E-state index contributed by atoms with van der Waals surface area (Å²) in [6.45, 7) is 0. The highest BCUT2D eigenvalue weighted by Crippen LogP contribution is 2.32. The van der Waals surface area contributed by atoms with Gasteiger partial charge in [0, 0.05) is 4.70 Å². The lowest BCUT2D eigenvalue weighted by molar-refractivity contribution is 0.292. The van der Waals surface area contributed by atoms with E-state index in [2.05, 4.69) is 0 Å². The summed E-state index contributed by atoms with van der Waals surface area (Å²) in [6.07, 6.45) is 0. The van der Waals surface area contributed by atoms with Gasteiger partial charge in [0.2, 0.25) is 0 Å². The molecule has 0 amide bonds. The van der Waals surface area contributed by atoms with Gasteiger partial charge in [-0.2, -0.15) is 5.26 Å². The Kier molecular flexibility index (Phi) is 2.60. The van der Waals surface area contributed by atoms with Gasteiger partial charge in [0.1, 0.15) is 0 Å². The number of nitrogens with zero attached hydrogens (tertiary/aromatic N) is 1. The van der Waals surface area contributed by atoms with Crippen molar-refractivity contribution in [2.24, 2.45) is 0 Å². The zero-order valence-electron chi connectivity index (χ0n) is 7.54. The second-order valence-corrected chi connectivity index (χ2v) is 3.92. The normalized spacial score (nSPS) is 9.93. The maximum Gasteiger partial charge on any atom is 0.708 e. The highest BCUT2D eigenvalue weighted by Gasteiger charge is 2.13. The summed E-state index contributed by atoms with van der Waals surface area (Å²) in [6, 6.07) is 8.93. The Labute approximate surface area is 90.1 Å². The lowest BCUT2D eigenvalue weighted by atomic mass is 10.2. The van der Waals surface area contributed by atoms with Crippen LogP contribution in [-0.2, 0) is 0 Å². The molecule has 2 rings (SSSR count). The van der Waals surface area contributed by atoms with Crippen LogP contribution >= 0.6 is 11.3 Å². The van der Waals surface area contributed by atoms with E-state index >= 15 is 0 Å². The fourth-order valence-corrected chi connectivity index (χ4v) is 2.16. The van der Waals surface area contributed by atoms with Crippen molar-refractivity contribution in [3.8, 4) is 11.1 Å². The summed E-state index contributed by atoms with van der Waals surface area (Å²) < 4.78 is 5.65. The van der Waals surface area contributed by atoms with Crippen LogP contribution in [0.15, 0.2) is 24.3 Å². The Hall–Kier alpha value is -1.55. The molecular weight excluding hydrogens is 213 g/mol. The largest absolute Gasteiger partial charge is 0.708 e. The molecule has 0 atom stereocenters. The third kappa shape index (κ3) is 2.10. The number of nitriles is 1. The molecule has 0 unspecified atom stereocenters. The monoisotopic (exact) mass is 219 g/mol. The fraction of sp³-hybridized carbons (Fsp3) is 0. The third-order valence-corrected chi connectivity index (χ3v) is 2.85. The van der Waals surface area contributed by atoms with E-state index in [4.69, 9.17) is 20.0 Å². The minimum absolute atomic E-state index is 0.412. The number of benzene rings is 1. The Morgan fingerprint density at radius 3 is 2.80 bits per heavy atom. The van der Waals surface area contributed by atoms with Gasteiger partial charge in [0.05, 0.1) is 11.6 Å². The molecule has 1 aromatic heterocycles. The van der Waals surface area contributed by atoms with Crippen LogP contribution in [0.1, 0.15) is 5.56 Å². The molecule has 6 heteroatoms. The van der Waals surface area contributed by atoms with Crippen LogP contribution < -0.4 is 4.65 Å². The molecular formula is C9H6BNO3S. The average Bonchev–Trinajstić information content (AvgIpc) is 2.57. The van der Waals surface area contributed by atoms with Crippen molar-refractivity contribution < 1.29 is 14.7 Å². The van der Waals surface area contributed by atoms with Crippen LogP contribution in [0.5, 0.6) is 5.06 Å². The minimum atomic E-state index is -1.81. The van der Waals surface area contributed by atoms with E-state index in [1.165, 1.54) is 11.3 Å². The summed E-state index contributed by atoms with van der Waals surface area (Å²) >= 11 is 1.29. The van der Waals surface area contributed by atoms with E-state index in [9.17, 15) is 0 Å². The summed E-state index contributed by atoms with van der Waals surface area (Å²) in [4.78, 5) is 0. The maximum atomic E-state index is 8.69. The van der Waals surface area contributed by atoms with Crippen LogP contribution in [0.25, 0.3) is 10.1 Å². The molecule has 0 aliphatic heterocycles. The molecule has 0 fully saturated rings. The van der Waals surface area contributed by atoms with Crippen LogP contribution in [-0.4, -0.2) is 17.4 Å². The Morgan fingerprint density at radius 2 is 2.13 bits per heavy atom. The van der Waals surface area contributed by atoms with Crippen molar-refractivity contribution in [3.05, 3.63) is 29.8 Å². The molecule has 1 aromatic carbocycles. The van der Waals surface area contributed by atoms with Crippen LogP contribution in [0, 0.1) is 11.3 Å². The average molecular weight is 219 g/mol. The van der Waals surface area contributed by atoms with Crippen molar-refractivity contribution in [2.75, 3.05) is 0 Å². The number of rotatable bonds is 2. The third-order valence-electron chi connectivity index (χ3n) is 1.84. The standard InChI is InChI=1S/C9H6BNO3S/c11-5-6-1-2-8-7(3-6)4-9(15-8)14-10(12)13/h1-4,12-13H. The van der Waals surface area contributed by atoms with Crippen LogP contribution in [0.3, 0.4) is 0 Å². The molecule has 74 valence electrons. The quantitative estimate of drug-likeness (QED) is 0.742. The van der Waals surface area contributed by atoms with Crippen molar-refractivity contribution in [1.82, 2.24) is 0 Å². The second kappa shape index (κ2) is 3.91. The lowest BCUT2D eigenvalue weighted by Crippen LogP contribution is -2.19. The first-order valence-electron chi connectivity index (χ1n) is 4.15. The summed E-state index contributed by atoms with van der Waals surface area (Å²) in [5.41, 5.74) is 0.566. The van der Waals surface area contributed by atoms with Crippen molar-refractivity contribution >= 4 is 28.7 Å². The van der Waals surface area contributed by atoms with Crippen molar-refractivity contribution in [3.63, 3.8) is 0 Å². The zero-order chi connectivity index (χ0) is 10.8. The molecule has 1 heterocycles. The molecule has 0 spiro atoms. The summed E-state index contributed by atoms with van der Waals surface area (Å²) in [5, 5.41) is 27.2. The number of fused-ring (bicyclic) bond motifs is 1. The van der Waals surface area contributed by atoms with Gasteiger partial charge >= 0.3 is 7.32 Å². The first kappa shape index (κ1) is 9.99. The van der Waals surface area contributed by atoms with Gasteiger partial charge in [-0.15, -0.1) is 11.3 Å². The first-order chi connectivity index (χ1) is 7.19. The van der Waals surface area contributed by atoms with E-state index in [1.807, 2.05) is 6.07 Å². The number of thiophene rings is 1. The van der Waals surface area contributed by atoms with Crippen molar-refractivity contribution in [2.45, 2.75) is 0 Å². The van der Waals surface area contributed by atoms with Gasteiger partial charge < -0.3 is 14.7 Å². The predicted molar refractivity (Wildman–Crippen MR) is 57.4 cm³/mol. The minimum Gasteiger partial charge on any atom is -0.504 e. The SMILES string of the molecule is N#Cc1ccc2sc(OB(O)O)cc2c1.